The molecular weight excluding hydrogens is 490 g/mol. The van der Waals surface area contributed by atoms with Gasteiger partial charge in [0.1, 0.15) is 12.1 Å². The summed E-state index contributed by atoms with van der Waals surface area (Å²) in [5.41, 5.74) is 1.43. The van der Waals surface area contributed by atoms with Crippen molar-refractivity contribution in [1.82, 2.24) is 25.6 Å². The van der Waals surface area contributed by atoms with Crippen LogP contribution in [0.25, 0.3) is 10.2 Å². The van der Waals surface area contributed by atoms with Crippen LogP contribution in [0, 0.1) is 11.8 Å². The van der Waals surface area contributed by atoms with Gasteiger partial charge in [0, 0.05) is 18.3 Å². The first-order valence-electron chi connectivity index (χ1n) is 13.3. The minimum absolute atomic E-state index is 0.0836. The van der Waals surface area contributed by atoms with E-state index in [-0.39, 0.29) is 17.3 Å². The number of aromatic nitrogens is 3. The van der Waals surface area contributed by atoms with Gasteiger partial charge in [0.25, 0.3) is 5.91 Å². The zero-order chi connectivity index (χ0) is 25.8. The molecule has 37 heavy (non-hydrogen) atoms. The maximum atomic E-state index is 13.6. The van der Waals surface area contributed by atoms with Crippen molar-refractivity contribution in [3.63, 3.8) is 0 Å². The minimum atomic E-state index is -1.05. The number of hydrogen-bond acceptors (Lipinski definition) is 7. The minimum Gasteiger partial charge on any atom is -0.390 e. The second-order valence-electron chi connectivity index (χ2n) is 10.5. The fourth-order valence-electron chi connectivity index (χ4n) is 5.32. The number of thiazole rings is 1. The number of hydrogen-bond donors (Lipinski definition) is 5. The number of rotatable bonds is 11. The number of aliphatic hydroxyl groups excluding tert-OH is 2. The average molecular weight is 526 g/mol. The molecule has 0 bridgehead atoms. The third-order valence-electron chi connectivity index (χ3n) is 7.60. The van der Waals surface area contributed by atoms with Crippen molar-refractivity contribution in [2.24, 2.45) is 11.8 Å². The van der Waals surface area contributed by atoms with E-state index in [1.807, 2.05) is 24.3 Å². The highest BCUT2D eigenvalue weighted by Gasteiger charge is 2.40. The highest BCUT2D eigenvalue weighted by molar-refractivity contribution is 7.20. The van der Waals surface area contributed by atoms with Crippen LogP contribution in [0.3, 0.4) is 0 Å². The highest BCUT2D eigenvalue weighted by Crippen LogP contribution is 2.36. The van der Waals surface area contributed by atoms with Crippen molar-refractivity contribution in [1.29, 1.82) is 0 Å². The maximum absolute atomic E-state index is 13.6. The predicted molar refractivity (Wildman–Crippen MR) is 141 cm³/mol. The van der Waals surface area contributed by atoms with Crippen LogP contribution < -0.4 is 10.6 Å². The van der Waals surface area contributed by atoms with Crippen LogP contribution in [0.15, 0.2) is 36.8 Å². The SMILES string of the molecule is O=C(NC(Cc1cnc[nH]1)C(=O)NC(CC1CCCCC1)C(O)C(O)C1CC1)c1nc2ccccc2s1. The van der Waals surface area contributed by atoms with Crippen molar-refractivity contribution in [2.45, 2.75) is 82.1 Å². The summed E-state index contributed by atoms with van der Waals surface area (Å²) in [6.07, 6.45) is 9.46. The molecule has 2 aliphatic carbocycles. The number of amides is 2. The topological polar surface area (TPSA) is 140 Å². The van der Waals surface area contributed by atoms with Gasteiger partial charge in [-0.1, -0.05) is 44.2 Å². The first-order chi connectivity index (χ1) is 18.0. The summed E-state index contributed by atoms with van der Waals surface area (Å²) < 4.78 is 0.895. The number of aliphatic hydroxyl groups is 2. The third kappa shape index (κ3) is 6.55. The normalized spacial score (nSPS) is 19.7. The highest BCUT2D eigenvalue weighted by atomic mass is 32.1. The number of carbonyl (C=O) groups excluding carboxylic acids is 2. The van der Waals surface area contributed by atoms with Gasteiger partial charge in [-0.25, -0.2) is 9.97 Å². The van der Waals surface area contributed by atoms with Gasteiger partial charge >= 0.3 is 0 Å². The van der Waals surface area contributed by atoms with E-state index in [1.165, 1.54) is 24.1 Å². The number of H-pyrrole nitrogens is 1. The fraction of sp³-hybridized carbons (Fsp3) is 0.556. The maximum Gasteiger partial charge on any atom is 0.280 e. The van der Waals surface area contributed by atoms with E-state index in [9.17, 15) is 19.8 Å². The van der Waals surface area contributed by atoms with Crippen molar-refractivity contribution in [2.75, 3.05) is 0 Å². The molecule has 2 saturated carbocycles. The van der Waals surface area contributed by atoms with Gasteiger partial charge in [-0.3, -0.25) is 9.59 Å². The molecule has 0 aliphatic heterocycles. The first kappa shape index (κ1) is 25.8. The lowest BCUT2D eigenvalue weighted by atomic mass is 9.82. The number of carbonyl (C=O) groups is 2. The molecule has 2 heterocycles. The van der Waals surface area contributed by atoms with Gasteiger partial charge in [0.2, 0.25) is 5.91 Å². The number of aromatic amines is 1. The van der Waals surface area contributed by atoms with Gasteiger partial charge in [-0.2, -0.15) is 0 Å². The molecule has 4 atom stereocenters. The van der Waals surface area contributed by atoms with Gasteiger partial charge in [-0.15, -0.1) is 11.3 Å². The molecular formula is C27H35N5O4S. The summed E-state index contributed by atoms with van der Waals surface area (Å²) in [6.45, 7) is 0. The number of para-hydroxylation sites is 1. The van der Waals surface area contributed by atoms with Gasteiger partial charge in [0.15, 0.2) is 5.01 Å². The van der Waals surface area contributed by atoms with Crippen molar-refractivity contribution in [3.05, 3.63) is 47.5 Å². The average Bonchev–Trinajstić information content (AvgIpc) is 3.45. The van der Waals surface area contributed by atoms with E-state index in [0.717, 1.165) is 48.7 Å². The molecule has 2 aliphatic rings. The van der Waals surface area contributed by atoms with Gasteiger partial charge in [-0.05, 0) is 43.2 Å². The molecule has 0 spiro atoms. The van der Waals surface area contributed by atoms with Crippen LogP contribution >= 0.6 is 11.3 Å². The Bertz CT molecular complexity index is 1160. The molecule has 0 saturated heterocycles. The molecule has 1 aromatic carbocycles. The lowest BCUT2D eigenvalue weighted by molar-refractivity contribution is -0.125. The Morgan fingerprint density at radius 2 is 1.86 bits per heavy atom. The predicted octanol–water partition coefficient (Wildman–Crippen LogP) is 2.95. The van der Waals surface area contributed by atoms with Crippen LogP contribution in [0.1, 0.15) is 66.9 Å². The second kappa shape index (κ2) is 11.7. The molecule has 2 fully saturated rings. The van der Waals surface area contributed by atoms with E-state index < -0.39 is 36.1 Å². The Morgan fingerprint density at radius 1 is 1.08 bits per heavy atom. The summed E-state index contributed by atoms with van der Waals surface area (Å²) in [6, 6.07) is 6.02. The standard InChI is InChI=1S/C27H35N5O4S/c33-23(17-10-11-17)24(34)20(12-16-6-2-1-3-7-16)30-25(35)21(13-18-14-28-15-29-18)31-26(36)27-32-19-8-4-5-9-22(19)37-27/h4-5,8-9,14-17,20-21,23-24,33-34H,1-3,6-7,10-13H2,(H,28,29)(H,30,35)(H,31,36). The number of nitrogens with one attached hydrogen (secondary N) is 3. The van der Waals surface area contributed by atoms with E-state index in [2.05, 4.69) is 25.6 Å². The van der Waals surface area contributed by atoms with E-state index >= 15 is 0 Å². The number of nitrogens with zero attached hydrogens (tertiary/aromatic N) is 2. The van der Waals surface area contributed by atoms with Crippen molar-refractivity contribution in [3.8, 4) is 0 Å². The van der Waals surface area contributed by atoms with Crippen LogP contribution in [-0.2, 0) is 11.2 Å². The summed E-state index contributed by atoms with van der Waals surface area (Å²) in [4.78, 5) is 38.2. The molecule has 10 heteroatoms. The van der Waals surface area contributed by atoms with Crippen LogP contribution in [0.5, 0.6) is 0 Å². The van der Waals surface area contributed by atoms with Crippen molar-refractivity contribution >= 4 is 33.4 Å². The Kier molecular flexibility index (Phi) is 8.17. The first-order valence-corrected chi connectivity index (χ1v) is 14.1. The quantitative estimate of drug-likeness (QED) is 0.261. The second-order valence-corrected chi connectivity index (χ2v) is 11.5. The van der Waals surface area contributed by atoms with Gasteiger partial charge in [0.05, 0.1) is 28.7 Å². The molecule has 4 unspecified atom stereocenters. The number of benzene rings is 1. The number of imidazole rings is 1. The van der Waals surface area contributed by atoms with Crippen LogP contribution in [0.2, 0.25) is 0 Å². The summed E-state index contributed by atoms with van der Waals surface area (Å²) >= 11 is 1.28. The molecule has 3 aromatic rings. The molecule has 5 N–H and O–H groups in total. The smallest absolute Gasteiger partial charge is 0.280 e. The summed E-state index contributed by atoms with van der Waals surface area (Å²) in [5.74, 6) is -0.348. The Hall–Kier alpha value is -2.82. The number of fused-ring (bicyclic) bond motifs is 1. The third-order valence-corrected chi connectivity index (χ3v) is 8.63. The Morgan fingerprint density at radius 3 is 2.57 bits per heavy atom. The molecule has 9 nitrogen and oxygen atoms in total. The molecule has 5 rings (SSSR count). The fourth-order valence-corrected chi connectivity index (χ4v) is 6.19. The summed E-state index contributed by atoms with van der Waals surface area (Å²) in [5, 5.41) is 27.9. The monoisotopic (exact) mass is 525 g/mol. The zero-order valence-electron chi connectivity index (χ0n) is 20.8. The Labute approximate surface area is 220 Å². The lowest BCUT2D eigenvalue weighted by Gasteiger charge is -2.33. The molecule has 198 valence electrons. The van der Waals surface area contributed by atoms with Gasteiger partial charge < -0.3 is 25.8 Å². The van der Waals surface area contributed by atoms with Crippen LogP contribution in [0.4, 0.5) is 0 Å². The molecule has 2 aromatic heterocycles. The van der Waals surface area contributed by atoms with E-state index in [0.29, 0.717) is 18.0 Å². The summed E-state index contributed by atoms with van der Waals surface area (Å²) in [7, 11) is 0. The van der Waals surface area contributed by atoms with Crippen LogP contribution in [-0.4, -0.2) is 61.3 Å². The van der Waals surface area contributed by atoms with E-state index in [1.54, 1.807) is 6.20 Å². The zero-order valence-corrected chi connectivity index (χ0v) is 21.6. The lowest BCUT2D eigenvalue weighted by Crippen LogP contribution is -2.56. The van der Waals surface area contributed by atoms with E-state index in [4.69, 9.17) is 0 Å². The molecule has 2 amide bonds. The molecule has 0 radical (unpaired) electrons. The Balaban J connectivity index is 1.32. The largest absolute Gasteiger partial charge is 0.390 e. The van der Waals surface area contributed by atoms with Crippen molar-refractivity contribution < 1.29 is 19.8 Å².